The molecule has 0 unspecified atom stereocenters. The number of nitrogens with zero attached hydrogens (tertiary/aromatic N) is 1. The van der Waals surface area contributed by atoms with Crippen LogP contribution in [0, 0.1) is 0 Å². The van der Waals surface area contributed by atoms with Crippen LogP contribution in [-0.4, -0.2) is 55.9 Å². The highest BCUT2D eigenvalue weighted by Crippen LogP contribution is 2.30. The Kier molecular flexibility index (Phi) is 4.40. The minimum atomic E-state index is 0.0192. The lowest BCUT2D eigenvalue weighted by Crippen LogP contribution is -2.38. The van der Waals surface area contributed by atoms with E-state index in [-0.39, 0.29) is 5.56 Å². The van der Waals surface area contributed by atoms with Crippen LogP contribution in [0.3, 0.4) is 0 Å². The van der Waals surface area contributed by atoms with Crippen LogP contribution in [-0.2, 0) is 11.2 Å². The SMILES string of the molecule is O=c1[nH]c2ccc(OCCN3CCOCC3)cc2c2c1CCCN2. The van der Waals surface area contributed by atoms with Gasteiger partial charge in [-0.1, -0.05) is 0 Å². The number of anilines is 1. The Morgan fingerprint density at radius 3 is 3.00 bits per heavy atom. The summed E-state index contributed by atoms with van der Waals surface area (Å²) in [4.78, 5) is 17.5. The van der Waals surface area contributed by atoms with E-state index in [1.165, 1.54) is 0 Å². The smallest absolute Gasteiger partial charge is 0.253 e. The van der Waals surface area contributed by atoms with Crippen molar-refractivity contribution in [2.45, 2.75) is 12.8 Å². The topological polar surface area (TPSA) is 66.6 Å². The Balaban J connectivity index is 1.52. The molecule has 0 aliphatic carbocycles. The fourth-order valence-electron chi connectivity index (χ4n) is 3.44. The summed E-state index contributed by atoms with van der Waals surface area (Å²) in [6.07, 6.45) is 1.83. The number of fused-ring (bicyclic) bond motifs is 3. The van der Waals surface area contributed by atoms with Gasteiger partial charge in [-0.2, -0.15) is 0 Å². The summed E-state index contributed by atoms with van der Waals surface area (Å²) in [6.45, 7) is 6.03. The monoisotopic (exact) mass is 329 g/mol. The normalized spacial score (nSPS) is 18.2. The quantitative estimate of drug-likeness (QED) is 0.892. The molecule has 3 heterocycles. The van der Waals surface area contributed by atoms with E-state index >= 15 is 0 Å². The molecule has 2 aliphatic rings. The maximum atomic E-state index is 12.2. The predicted octanol–water partition coefficient (Wildman–Crippen LogP) is 1.60. The van der Waals surface area contributed by atoms with Gasteiger partial charge < -0.3 is 19.8 Å². The summed E-state index contributed by atoms with van der Waals surface area (Å²) >= 11 is 0. The molecule has 2 aliphatic heterocycles. The first-order chi connectivity index (χ1) is 11.8. The van der Waals surface area contributed by atoms with Crippen molar-refractivity contribution in [2.24, 2.45) is 0 Å². The first kappa shape index (κ1) is 15.5. The number of H-pyrrole nitrogens is 1. The summed E-state index contributed by atoms with van der Waals surface area (Å²) in [6, 6.07) is 5.88. The third kappa shape index (κ3) is 3.12. The molecule has 1 fully saturated rings. The fraction of sp³-hybridized carbons (Fsp3) is 0.500. The van der Waals surface area contributed by atoms with Crippen molar-refractivity contribution < 1.29 is 9.47 Å². The maximum Gasteiger partial charge on any atom is 0.253 e. The van der Waals surface area contributed by atoms with Gasteiger partial charge in [0.15, 0.2) is 0 Å². The van der Waals surface area contributed by atoms with Gasteiger partial charge in [0.25, 0.3) is 5.56 Å². The molecule has 0 amide bonds. The van der Waals surface area contributed by atoms with Crippen LogP contribution < -0.4 is 15.6 Å². The summed E-state index contributed by atoms with van der Waals surface area (Å²) in [5.74, 6) is 0.845. The van der Waals surface area contributed by atoms with Crippen LogP contribution in [0.5, 0.6) is 5.75 Å². The molecule has 0 atom stereocenters. The summed E-state index contributed by atoms with van der Waals surface area (Å²) in [5, 5.41) is 4.42. The number of nitrogens with one attached hydrogen (secondary N) is 2. The molecular formula is C18H23N3O3. The van der Waals surface area contributed by atoms with Gasteiger partial charge in [0.2, 0.25) is 0 Å². The van der Waals surface area contributed by atoms with Crippen molar-refractivity contribution in [1.82, 2.24) is 9.88 Å². The Hall–Kier alpha value is -2.05. The molecule has 1 aromatic heterocycles. The predicted molar refractivity (Wildman–Crippen MR) is 94.1 cm³/mol. The number of aromatic amines is 1. The van der Waals surface area contributed by atoms with Crippen molar-refractivity contribution in [3.05, 3.63) is 34.1 Å². The molecule has 2 N–H and O–H groups in total. The van der Waals surface area contributed by atoms with Crippen LogP contribution in [0.2, 0.25) is 0 Å². The van der Waals surface area contributed by atoms with Crippen molar-refractivity contribution in [1.29, 1.82) is 0 Å². The minimum Gasteiger partial charge on any atom is -0.492 e. The standard InChI is InChI=1S/C18H23N3O3/c22-18-14-2-1-5-19-17(14)15-12-13(3-4-16(15)20-18)24-11-8-21-6-9-23-10-7-21/h3-4,12,19H,1-2,5-11H2,(H,20,22). The molecule has 1 saturated heterocycles. The molecule has 128 valence electrons. The number of morpholine rings is 1. The molecule has 0 spiro atoms. The lowest BCUT2D eigenvalue weighted by Gasteiger charge is -2.26. The number of rotatable bonds is 4. The lowest BCUT2D eigenvalue weighted by atomic mass is 10.0. The highest BCUT2D eigenvalue weighted by molar-refractivity contribution is 5.94. The third-order valence-corrected chi connectivity index (χ3v) is 4.77. The molecule has 24 heavy (non-hydrogen) atoms. The second-order valence-electron chi connectivity index (χ2n) is 6.35. The second-order valence-corrected chi connectivity index (χ2v) is 6.35. The van der Waals surface area contributed by atoms with Gasteiger partial charge >= 0.3 is 0 Å². The van der Waals surface area contributed by atoms with Gasteiger partial charge in [-0.15, -0.1) is 0 Å². The molecule has 0 bridgehead atoms. The Morgan fingerprint density at radius 2 is 2.12 bits per heavy atom. The van der Waals surface area contributed by atoms with Gasteiger partial charge in [-0.25, -0.2) is 0 Å². The Labute approximate surface area is 140 Å². The third-order valence-electron chi connectivity index (χ3n) is 4.77. The van der Waals surface area contributed by atoms with Crippen LogP contribution in [0.15, 0.2) is 23.0 Å². The van der Waals surface area contributed by atoms with E-state index in [0.29, 0.717) is 6.61 Å². The van der Waals surface area contributed by atoms with E-state index in [0.717, 1.165) is 80.1 Å². The lowest BCUT2D eigenvalue weighted by molar-refractivity contribution is 0.0322. The van der Waals surface area contributed by atoms with E-state index in [1.807, 2.05) is 18.2 Å². The van der Waals surface area contributed by atoms with Crippen LogP contribution in [0.1, 0.15) is 12.0 Å². The molecule has 0 saturated carbocycles. The molecule has 1 aromatic carbocycles. The zero-order valence-electron chi connectivity index (χ0n) is 13.8. The van der Waals surface area contributed by atoms with Crippen molar-refractivity contribution in [3.63, 3.8) is 0 Å². The van der Waals surface area contributed by atoms with Gasteiger partial charge in [0, 0.05) is 37.1 Å². The van der Waals surface area contributed by atoms with Gasteiger partial charge in [0.05, 0.1) is 24.4 Å². The van der Waals surface area contributed by atoms with Crippen LogP contribution >= 0.6 is 0 Å². The van der Waals surface area contributed by atoms with Crippen molar-refractivity contribution in [3.8, 4) is 5.75 Å². The Bertz CT molecular complexity index is 781. The summed E-state index contributed by atoms with van der Waals surface area (Å²) in [7, 11) is 0. The van der Waals surface area contributed by atoms with E-state index in [4.69, 9.17) is 9.47 Å². The molecule has 0 radical (unpaired) electrons. The van der Waals surface area contributed by atoms with Gasteiger partial charge in [-0.05, 0) is 31.0 Å². The number of aromatic nitrogens is 1. The van der Waals surface area contributed by atoms with Crippen molar-refractivity contribution >= 4 is 16.6 Å². The average Bonchev–Trinajstić information content (AvgIpc) is 2.63. The molecule has 4 rings (SSSR count). The van der Waals surface area contributed by atoms with E-state index in [1.54, 1.807) is 0 Å². The zero-order chi connectivity index (χ0) is 16.4. The first-order valence-electron chi connectivity index (χ1n) is 8.67. The molecule has 6 heteroatoms. The van der Waals surface area contributed by atoms with Crippen LogP contribution in [0.4, 0.5) is 5.69 Å². The number of ether oxygens (including phenoxy) is 2. The van der Waals surface area contributed by atoms with E-state index in [2.05, 4.69) is 15.2 Å². The summed E-state index contributed by atoms with van der Waals surface area (Å²) in [5.41, 5.74) is 2.71. The highest BCUT2D eigenvalue weighted by atomic mass is 16.5. The second kappa shape index (κ2) is 6.83. The number of hydrogen-bond acceptors (Lipinski definition) is 5. The minimum absolute atomic E-state index is 0.0192. The summed E-state index contributed by atoms with van der Waals surface area (Å²) < 4.78 is 11.3. The van der Waals surface area contributed by atoms with Gasteiger partial charge in [0.1, 0.15) is 12.4 Å². The highest BCUT2D eigenvalue weighted by Gasteiger charge is 2.16. The zero-order valence-corrected chi connectivity index (χ0v) is 13.8. The average molecular weight is 329 g/mol. The van der Waals surface area contributed by atoms with Crippen LogP contribution in [0.25, 0.3) is 10.9 Å². The maximum absolute atomic E-state index is 12.2. The molecule has 2 aromatic rings. The van der Waals surface area contributed by atoms with Crippen molar-refractivity contribution in [2.75, 3.05) is 51.3 Å². The van der Waals surface area contributed by atoms with E-state index in [9.17, 15) is 4.79 Å². The van der Waals surface area contributed by atoms with E-state index < -0.39 is 0 Å². The number of hydrogen-bond donors (Lipinski definition) is 2. The molecular weight excluding hydrogens is 306 g/mol. The fourth-order valence-corrected chi connectivity index (χ4v) is 3.44. The number of pyridine rings is 1. The van der Waals surface area contributed by atoms with Gasteiger partial charge in [-0.3, -0.25) is 9.69 Å². The molecule has 6 nitrogen and oxygen atoms in total. The largest absolute Gasteiger partial charge is 0.492 e. The first-order valence-corrected chi connectivity index (χ1v) is 8.67. The number of benzene rings is 1. The Morgan fingerprint density at radius 1 is 1.25 bits per heavy atom.